The minimum Gasteiger partial charge on any atom is -0.270 e. The van der Waals surface area contributed by atoms with E-state index in [1.54, 1.807) is 16.7 Å². The molecule has 3 aromatic carbocycles. The Kier molecular flexibility index (Phi) is 3.09. The van der Waals surface area contributed by atoms with Crippen LogP contribution >= 0.6 is 11.8 Å². The second-order valence-corrected chi connectivity index (χ2v) is 7.06. The summed E-state index contributed by atoms with van der Waals surface area (Å²) in [5, 5.41) is 0.749. The number of rotatable bonds is 2. The summed E-state index contributed by atoms with van der Waals surface area (Å²) >= 11 is 1.56. The summed E-state index contributed by atoms with van der Waals surface area (Å²) in [4.78, 5) is 21.5. The number of fused-ring (bicyclic) bond motifs is 3. The van der Waals surface area contributed by atoms with Crippen molar-refractivity contribution < 1.29 is 4.79 Å². The summed E-state index contributed by atoms with van der Waals surface area (Å²) in [6, 6.07) is 27.6. The van der Waals surface area contributed by atoms with E-state index in [1.165, 1.54) is 0 Å². The van der Waals surface area contributed by atoms with Gasteiger partial charge in [-0.1, -0.05) is 72.8 Å². The zero-order chi connectivity index (χ0) is 16.9. The number of para-hydroxylation sites is 1. The van der Waals surface area contributed by atoms with E-state index in [1.807, 2.05) is 84.9 Å². The Morgan fingerprint density at radius 1 is 0.760 bits per heavy atom. The highest BCUT2D eigenvalue weighted by Gasteiger charge is 2.53. The van der Waals surface area contributed by atoms with Crippen LogP contribution in [0.3, 0.4) is 0 Å². The molecule has 0 unspecified atom stereocenters. The van der Waals surface area contributed by atoms with Gasteiger partial charge in [-0.05, 0) is 35.0 Å². The Morgan fingerprint density at radius 2 is 1.32 bits per heavy atom. The van der Waals surface area contributed by atoms with Crippen LogP contribution in [0, 0.1) is 0 Å². The molecule has 2 aliphatic heterocycles. The molecule has 0 aliphatic carbocycles. The lowest BCUT2D eigenvalue weighted by atomic mass is 9.83. The van der Waals surface area contributed by atoms with Crippen LogP contribution in [0.25, 0.3) is 0 Å². The van der Waals surface area contributed by atoms with Crippen molar-refractivity contribution in [1.82, 2.24) is 0 Å². The zero-order valence-corrected chi connectivity index (χ0v) is 14.1. The molecule has 3 nitrogen and oxygen atoms in total. The molecule has 4 heteroatoms. The maximum absolute atomic E-state index is 13.7. The molecule has 25 heavy (non-hydrogen) atoms. The van der Waals surface area contributed by atoms with E-state index in [0.29, 0.717) is 0 Å². The van der Waals surface area contributed by atoms with Gasteiger partial charge in [0.1, 0.15) is 0 Å². The molecule has 0 saturated carbocycles. The summed E-state index contributed by atoms with van der Waals surface area (Å²) in [6.45, 7) is 0. The van der Waals surface area contributed by atoms with Crippen molar-refractivity contribution in [3.05, 3.63) is 96.1 Å². The van der Waals surface area contributed by atoms with Crippen molar-refractivity contribution in [3.8, 4) is 0 Å². The molecule has 5 rings (SSSR count). The number of carbonyl (C=O) groups excluding carboxylic acids is 1. The smallest absolute Gasteiger partial charge is 0.270 e. The standard InChI is InChI=1S/C21H14N2OS/c24-19-21(15-9-3-1-4-10-15,16-11-5-2-6-12-16)22-20-23(19)17-13-7-8-14-18(17)25-20/h1-14H. The lowest BCUT2D eigenvalue weighted by Gasteiger charge is -2.27. The zero-order valence-electron chi connectivity index (χ0n) is 13.3. The van der Waals surface area contributed by atoms with E-state index in [4.69, 9.17) is 4.99 Å². The van der Waals surface area contributed by atoms with Gasteiger partial charge in [-0.25, -0.2) is 4.99 Å². The molecule has 0 aromatic heterocycles. The van der Waals surface area contributed by atoms with Crippen LogP contribution in [-0.4, -0.2) is 11.1 Å². The van der Waals surface area contributed by atoms with E-state index < -0.39 is 5.54 Å². The number of nitrogens with zero attached hydrogens (tertiary/aromatic N) is 2. The highest BCUT2D eigenvalue weighted by atomic mass is 32.2. The van der Waals surface area contributed by atoms with Gasteiger partial charge in [-0.3, -0.25) is 9.69 Å². The number of benzene rings is 3. The number of carbonyl (C=O) groups is 1. The average Bonchev–Trinajstić information content (AvgIpc) is 3.18. The van der Waals surface area contributed by atoms with Crippen LogP contribution in [0.1, 0.15) is 11.1 Å². The molecule has 0 spiro atoms. The van der Waals surface area contributed by atoms with Crippen LogP contribution in [-0.2, 0) is 10.3 Å². The molecule has 1 amide bonds. The maximum Gasteiger partial charge on any atom is 0.270 e. The van der Waals surface area contributed by atoms with Crippen molar-refractivity contribution in [2.75, 3.05) is 4.90 Å². The van der Waals surface area contributed by atoms with Gasteiger partial charge < -0.3 is 0 Å². The predicted molar refractivity (Wildman–Crippen MR) is 101 cm³/mol. The molecule has 0 N–H and O–H groups in total. The van der Waals surface area contributed by atoms with E-state index in [0.717, 1.165) is 26.9 Å². The minimum atomic E-state index is -1.02. The normalized spacial score (nSPS) is 17.2. The van der Waals surface area contributed by atoms with Crippen LogP contribution in [0.5, 0.6) is 0 Å². The fraction of sp³-hybridized carbons (Fsp3) is 0.0476. The molecule has 2 aliphatic rings. The third-order valence-electron chi connectivity index (χ3n) is 4.66. The molecule has 0 saturated heterocycles. The molecule has 0 radical (unpaired) electrons. The Hall–Kier alpha value is -2.85. The van der Waals surface area contributed by atoms with Gasteiger partial charge in [0.25, 0.3) is 5.91 Å². The number of aliphatic imine (C=N–C) groups is 1. The van der Waals surface area contributed by atoms with Crippen LogP contribution < -0.4 is 4.90 Å². The lowest BCUT2D eigenvalue weighted by Crippen LogP contribution is -2.40. The summed E-state index contributed by atoms with van der Waals surface area (Å²) in [7, 11) is 0. The van der Waals surface area contributed by atoms with E-state index in [2.05, 4.69) is 0 Å². The van der Waals surface area contributed by atoms with Crippen LogP contribution in [0.2, 0.25) is 0 Å². The maximum atomic E-state index is 13.7. The van der Waals surface area contributed by atoms with E-state index in [9.17, 15) is 4.79 Å². The Bertz CT molecular complexity index is 959. The number of amides is 1. The molecule has 0 fully saturated rings. The number of hydrogen-bond donors (Lipinski definition) is 0. The van der Waals surface area contributed by atoms with Gasteiger partial charge in [0.15, 0.2) is 10.7 Å². The van der Waals surface area contributed by atoms with Gasteiger partial charge >= 0.3 is 0 Å². The predicted octanol–water partition coefficient (Wildman–Crippen LogP) is 4.44. The van der Waals surface area contributed by atoms with Gasteiger partial charge in [-0.2, -0.15) is 0 Å². The van der Waals surface area contributed by atoms with Crippen molar-refractivity contribution in [2.24, 2.45) is 4.99 Å². The molecule has 120 valence electrons. The number of amidine groups is 1. The van der Waals surface area contributed by atoms with E-state index >= 15 is 0 Å². The molecular formula is C21H14N2OS. The highest BCUT2D eigenvalue weighted by molar-refractivity contribution is 8.15. The van der Waals surface area contributed by atoms with Crippen molar-refractivity contribution in [2.45, 2.75) is 10.4 Å². The Labute approximate surface area is 150 Å². The monoisotopic (exact) mass is 342 g/mol. The van der Waals surface area contributed by atoms with Gasteiger partial charge in [-0.15, -0.1) is 0 Å². The molecule has 0 bridgehead atoms. The van der Waals surface area contributed by atoms with Gasteiger partial charge in [0, 0.05) is 4.90 Å². The minimum absolute atomic E-state index is 0.0163. The fourth-order valence-electron chi connectivity index (χ4n) is 3.50. The van der Waals surface area contributed by atoms with Crippen molar-refractivity contribution >= 4 is 28.5 Å². The van der Waals surface area contributed by atoms with Crippen molar-refractivity contribution in [3.63, 3.8) is 0 Å². The Balaban J connectivity index is 1.75. The van der Waals surface area contributed by atoms with Gasteiger partial charge in [0.05, 0.1) is 5.69 Å². The summed E-state index contributed by atoms with van der Waals surface area (Å²) < 4.78 is 0. The quantitative estimate of drug-likeness (QED) is 0.690. The Morgan fingerprint density at radius 3 is 1.96 bits per heavy atom. The fourth-order valence-corrected chi connectivity index (χ4v) is 4.56. The van der Waals surface area contributed by atoms with Crippen LogP contribution in [0.15, 0.2) is 94.8 Å². The summed E-state index contributed by atoms with van der Waals surface area (Å²) in [6.07, 6.45) is 0. The topological polar surface area (TPSA) is 32.7 Å². The lowest BCUT2D eigenvalue weighted by molar-refractivity contribution is -0.120. The second kappa shape index (κ2) is 5.33. The number of thioether (sulfide) groups is 1. The highest BCUT2D eigenvalue weighted by Crippen LogP contribution is 2.50. The van der Waals surface area contributed by atoms with Gasteiger partial charge in [0.2, 0.25) is 0 Å². The number of hydrogen-bond acceptors (Lipinski definition) is 3. The first-order valence-electron chi connectivity index (χ1n) is 8.13. The molecular weight excluding hydrogens is 328 g/mol. The molecule has 2 heterocycles. The second-order valence-electron chi connectivity index (χ2n) is 6.05. The third kappa shape index (κ3) is 1.94. The largest absolute Gasteiger partial charge is 0.270 e. The van der Waals surface area contributed by atoms with E-state index in [-0.39, 0.29) is 5.91 Å². The van der Waals surface area contributed by atoms with Crippen molar-refractivity contribution in [1.29, 1.82) is 0 Å². The summed E-state index contributed by atoms with van der Waals surface area (Å²) in [5.41, 5.74) is 1.70. The first-order valence-corrected chi connectivity index (χ1v) is 8.95. The SMILES string of the molecule is O=C1N2C(=NC1(c1ccccc1)c1ccccc1)Sc1ccccc12. The van der Waals surface area contributed by atoms with Crippen LogP contribution in [0.4, 0.5) is 5.69 Å². The molecule has 3 aromatic rings. The number of anilines is 1. The first-order chi connectivity index (χ1) is 12.3. The first kappa shape index (κ1) is 14.5. The average molecular weight is 342 g/mol. The summed E-state index contributed by atoms with van der Waals surface area (Å²) in [5.74, 6) is -0.0163. The molecule has 0 atom stereocenters. The third-order valence-corrected chi connectivity index (χ3v) is 5.68.